The molecule has 1 amide bonds. The van der Waals surface area contributed by atoms with Crippen molar-refractivity contribution < 1.29 is 9.53 Å². The van der Waals surface area contributed by atoms with Gasteiger partial charge >= 0.3 is 0 Å². The molecule has 1 aliphatic rings. The molecule has 0 aromatic carbocycles. The van der Waals surface area contributed by atoms with Crippen molar-refractivity contribution >= 4 is 17.5 Å². The van der Waals surface area contributed by atoms with Crippen LogP contribution in [-0.2, 0) is 9.53 Å². The number of piperidine rings is 1. The highest BCUT2D eigenvalue weighted by Crippen LogP contribution is 2.22. The molecule has 1 fully saturated rings. The van der Waals surface area contributed by atoms with Crippen molar-refractivity contribution in [1.29, 1.82) is 0 Å². The lowest BCUT2D eigenvalue weighted by Crippen LogP contribution is -2.41. The molecule has 0 N–H and O–H groups in total. The van der Waals surface area contributed by atoms with E-state index in [1.807, 2.05) is 4.90 Å². The molecule has 0 spiro atoms. The molecule has 3 nitrogen and oxygen atoms in total. The number of hydrogen-bond acceptors (Lipinski definition) is 2. The molecule has 0 unspecified atom stereocenters. The number of hydrogen-bond donors (Lipinski definition) is 0. The number of carbonyl (C=O) groups excluding carboxylic acids is 1. The first-order valence-electron chi connectivity index (χ1n) is 6.88. The number of ether oxygens (including phenoxy) is 1. The van der Waals surface area contributed by atoms with Crippen molar-refractivity contribution in [2.45, 2.75) is 52.6 Å². The molecule has 4 heteroatoms. The molecule has 106 valence electrons. The van der Waals surface area contributed by atoms with Gasteiger partial charge in [0.2, 0.25) is 5.91 Å². The number of likely N-dealkylation sites (tertiary alicyclic amines) is 1. The minimum atomic E-state index is 0.234. The molecule has 0 saturated carbocycles. The molecule has 1 heterocycles. The quantitative estimate of drug-likeness (QED) is 0.722. The predicted molar refractivity (Wildman–Crippen MR) is 75.0 cm³/mol. The van der Waals surface area contributed by atoms with Gasteiger partial charge in [-0.15, -0.1) is 11.6 Å². The van der Waals surface area contributed by atoms with Gasteiger partial charge in [-0.2, -0.15) is 0 Å². The molecule has 18 heavy (non-hydrogen) atoms. The van der Waals surface area contributed by atoms with E-state index >= 15 is 0 Å². The van der Waals surface area contributed by atoms with E-state index < -0.39 is 0 Å². The van der Waals surface area contributed by atoms with E-state index in [9.17, 15) is 4.79 Å². The maximum atomic E-state index is 12.0. The molecule has 0 aliphatic carbocycles. The second kappa shape index (κ2) is 7.34. The van der Waals surface area contributed by atoms with Crippen LogP contribution in [0.3, 0.4) is 0 Å². The monoisotopic (exact) mass is 275 g/mol. The van der Waals surface area contributed by atoms with Crippen molar-refractivity contribution in [3.8, 4) is 0 Å². The summed E-state index contributed by atoms with van der Waals surface area (Å²) < 4.78 is 5.60. The third-order valence-corrected chi connectivity index (χ3v) is 3.47. The van der Waals surface area contributed by atoms with Gasteiger partial charge < -0.3 is 9.64 Å². The summed E-state index contributed by atoms with van der Waals surface area (Å²) in [5.41, 5.74) is 0.234. The summed E-state index contributed by atoms with van der Waals surface area (Å²) in [5.74, 6) is 0.839. The lowest BCUT2D eigenvalue weighted by Gasteiger charge is -2.32. The van der Waals surface area contributed by atoms with Gasteiger partial charge in [-0.05, 0) is 24.7 Å². The van der Waals surface area contributed by atoms with Crippen molar-refractivity contribution in [3.63, 3.8) is 0 Å². The predicted octanol–water partition coefficient (Wildman–Crippen LogP) is 3.06. The summed E-state index contributed by atoms with van der Waals surface area (Å²) in [4.78, 5) is 14.0. The van der Waals surface area contributed by atoms with Crippen molar-refractivity contribution in [1.82, 2.24) is 4.90 Å². The molecular weight excluding hydrogens is 250 g/mol. The SMILES string of the molecule is CC(C)(C)CCC(=O)N1CCC(OCCCl)CC1. The van der Waals surface area contributed by atoms with E-state index in [1.54, 1.807) is 0 Å². The lowest BCUT2D eigenvalue weighted by molar-refractivity contribution is -0.134. The van der Waals surface area contributed by atoms with E-state index in [1.165, 1.54) is 0 Å². The molecule has 0 atom stereocenters. The van der Waals surface area contributed by atoms with Gasteiger partial charge in [-0.3, -0.25) is 4.79 Å². The lowest BCUT2D eigenvalue weighted by atomic mass is 9.90. The van der Waals surface area contributed by atoms with Gasteiger partial charge in [0.05, 0.1) is 12.7 Å². The fraction of sp³-hybridized carbons (Fsp3) is 0.929. The third-order valence-electron chi connectivity index (χ3n) is 3.31. The Morgan fingerprint density at radius 1 is 1.33 bits per heavy atom. The minimum absolute atomic E-state index is 0.234. The van der Waals surface area contributed by atoms with Gasteiger partial charge in [0.1, 0.15) is 0 Å². The zero-order chi connectivity index (χ0) is 13.6. The molecule has 1 aliphatic heterocycles. The fourth-order valence-corrected chi connectivity index (χ4v) is 2.21. The highest BCUT2D eigenvalue weighted by molar-refractivity contribution is 6.17. The topological polar surface area (TPSA) is 29.5 Å². The first-order valence-corrected chi connectivity index (χ1v) is 7.41. The number of alkyl halides is 1. The smallest absolute Gasteiger partial charge is 0.222 e. The number of rotatable bonds is 5. The number of nitrogens with zero attached hydrogens (tertiary/aromatic N) is 1. The standard InChI is InChI=1S/C14H26ClNO2/c1-14(2,3)7-4-13(17)16-9-5-12(6-10-16)18-11-8-15/h12H,4-11H2,1-3H3. The third kappa shape index (κ3) is 6.05. The number of carbonyl (C=O) groups is 1. The summed E-state index contributed by atoms with van der Waals surface area (Å²) in [6, 6.07) is 0. The molecule has 0 radical (unpaired) electrons. The zero-order valence-electron chi connectivity index (χ0n) is 11.9. The summed E-state index contributed by atoms with van der Waals surface area (Å²) in [6.45, 7) is 8.79. The number of amides is 1. The van der Waals surface area contributed by atoms with Gasteiger partial charge in [-0.25, -0.2) is 0 Å². The largest absolute Gasteiger partial charge is 0.377 e. The summed E-state index contributed by atoms with van der Waals surface area (Å²) in [7, 11) is 0. The zero-order valence-corrected chi connectivity index (χ0v) is 12.6. The van der Waals surface area contributed by atoms with Crippen LogP contribution < -0.4 is 0 Å². The van der Waals surface area contributed by atoms with Crippen LogP contribution in [0, 0.1) is 5.41 Å². The normalized spacial score (nSPS) is 18.1. The Bertz CT molecular complexity index is 255. The van der Waals surface area contributed by atoms with Gasteiger partial charge in [0.15, 0.2) is 0 Å². The van der Waals surface area contributed by atoms with Gasteiger partial charge in [0, 0.05) is 25.4 Å². The van der Waals surface area contributed by atoms with E-state index in [2.05, 4.69) is 20.8 Å². The molecule has 0 bridgehead atoms. The average Bonchev–Trinajstić information content (AvgIpc) is 2.33. The van der Waals surface area contributed by atoms with Crippen LogP contribution in [0.2, 0.25) is 0 Å². The fourth-order valence-electron chi connectivity index (χ4n) is 2.12. The van der Waals surface area contributed by atoms with Crippen LogP contribution in [0.15, 0.2) is 0 Å². The molecule has 0 aromatic rings. The Labute approximate surface area is 116 Å². The van der Waals surface area contributed by atoms with E-state index in [4.69, 9.17) is 16.3 Å². The summed E-state index contributed by atoms with van der Waals surface area (Å²) in [5, 5.41) is 0. The van der Waals surface area contributed by atoms with Gasteiger partial charge in [0.25, 0.3) is 0 Å². The number of halogens is 1. The highest BCUT2D eigenvalue weighted by Gasteiger charge is 2.23. The Morgan fingerprint density at radius 3 is 2.44 bits per heavy atom. The first kappa shape index (κ1) is 15.8. The Morgan fingerprint density at radius 2 is 1.94 bits per heavy atom. The molecule has 1 saturated heterocycles. The Balaban J connectivity index is 2.23. The van der Waals surface area contributed by atoms with Crippen molar-refractivity contribution in [2.24, 2.45) is 5.41 Å². The summed E-state index contributed by atoms with van der Waals surface area (Å²) >= 11 is 5.59. The molecule has 0 aromatic heterocycles. The summed E-state index contributed by atoms with van der Waals surface area (Å²) in [6.07, 6.45) is 3.79. The van der Waals surface area contributed by atoms with Crippen molar-refractivity contribution in [2.75, 3.05) is 25.6 Å². The minimum Gasteiger partial charge on any atom is -0.377 e. The Kier molecular flexibility index (Phi) is 6.44. The van der Waals surface area contributed by atoms with Crippen molar-refractivity contribution in [3.05, 3.63) is 0 Å². The second-order valence-electron chi connectivity index (χ2n) is 6.20. The average molecular weight is 276 g/mol. The van der Waals surface area contributed by atoms with Crippen LogP contribution in [0.5, 0.6) is 0 Å². The van der Waals surface area contributed by atoms with Crippen LogP contribution in [0.4, 0.5) is 0 Å². The van der Waals surface area contributed by atoms with E-state index in [-0.39, 0.29) is 11.5 Å². The maximum Gasteiger partial charge on any atom is 0.222 e. The van der Waals surface area contributed by atoms with Crippen LogP contribution in [0.25, 0.3) is 0 Å². The Hall–Kier alpha value is -0.280. The van der Waals surface area contributed by atoms with Crippen LogP contribution >= 0.6 is 11.6 Å². The van der Waals surface area contributed by atoms with E-state index in [0.29, 0.717) is 24.8 Å². The first-order chi connectivity index (χ1) is 8.42. The van der Waals surface area contributed by atoms with Crippen LogP contribution in [0.1, 0.15) is 46.5 Å². The highest BCUT2D eigenvalue weighted by atomic mass is 35.5. The van der Waals surface area contributed by atoms with E-state index in [0.717, 1.165) is 32.4 Å². The van der Waals surface area contributed by atoms with Gasteiger partial charge in [-0.1, -0.05) is 20.8 Å². The maximum absolute atomic E-state index is 12.0. The molecular formula is C14H26ClNO2. The molecule has 1 rings (SSSR count). The van der Waals surface area contributed by atoms with Crippen LogP contribution in [-0.4, -0.2) is 42.5 Å². The second-order valence-corrected chi connectivity index (χ2v) is 6.58.